The minimum atomic E-state index is -0.403. The predicted octanol–water partition coefficient (Wildman–Crippen LogP) is 12.6. The van der Waals surface area contributed by atoms with Gasteiger partial charge in [-0.3, -0.25) is 0 Å². The van der Waals surface area contributed by atoms with Gasteiger partial charge >= 0.3 is 0 Å². The average Bonchev–Trinajstić information content (AvgIpc) is 3.16. The number of benzene rings is 9. The molecular weight excluding hydrogens is 544 g/mol. The SMILES string of the molecule is [2H]c1c([2H])c([2H])c(-c2c3cccc(-c4ccc5c6c(cccc46)-c4ccc6ccccc6c4O5)c3cc3c2ccc2ccccc23)c([2H])c1[2H]. The van der Waals surface area contributed by atoms with E-state index in [0.29, 0.717) is 5.56 Å². The van der Waals surface area contributed by atoms with Gasteiger partial charge in [-0.1, -0.05) is 139 Å². The summed E-state index contributed by atoms with van der Waals surface area (Å²) in [5, 5.41) is 9.93. The van der Waals surface area contributed by atoms with Crippen LogP contribution in [0, 0.1) is 0 Å². The van der Waals surface area contributed by atoms with E-state index in [1.54, 1.807) is 0 Å². The molecule has 0 unspecified atom stereocenters. The van der Waals surface area contributed by atoms with Crippen LogP contribution in [0.2, 0.25) is 0 Å². The number of hydrogen-bond donors (Lipinski definition) is 0. The Kier molecular flexibility index (Phi) is 4.15. The molecule has 0 aliphatic carbocycles. The van der Waals surface area contributed by atoms with Crippen molar-refractivity contribution in [3.63, 3.8) is 0 Å². The monoisotopic (exact) mass is 575 g/mol. The zero-order chi connectivity index (χ0) is 33.8. The van der Waals surface area contributed by atoms with Gasteiger partial charge in [-0.05, 0) is 89.1 Å². The Hall–Kier alpha value is -5.92. The lowest BCUT2D eigenvalue weighted by Gasteiger charge is -2.24. The van der Waals surface area contributed by atoms with Gasteiger partial charge in [0.1, 0.15) is 11.5 Å². The van der Waals surface area contributed by atoms with Crippen molar-refractivity contribution in [2.75, 3.05) is 0 Å². The highest BCUT2D eigenvalue weighted by Gasteiger charge is 2.24. The first-order chi connectivity index (χ1) is 24.4. The van der Waals surface area contributed by atoms with Crippen molar-refractivity contribution in [3.8, 4) is 44.9 Å². The van der Waals surface area contributed by atoms with Crippen molar-refractivity contribution in [1.82, 2.24) is 0 Å². The molecule has 0 amide bonds. The topological polar surface area (TPSA) is 9.23 Å². The Labute approximate surface area is 267 Å². The lowest BCUT2D eigenvalue weighted by atomic mass is 9.85. The Morgan fingerprint density at radius 2 is 1.07 bits per heavy atom. The van der Waals surface area contributed by atoms with E-state index in [0.717, 1.165) is 87.6 Å². The van der Waals surface area contributed by atoms with Gasteiger partial charge in [0.05, 0.1) is 6.85 Å². The smallest absolute Gasteiger partial charge is 0.143 e. The van der Waals surface area contributed by atoms with Crippen LogP contribution in [0.5, 0.6) is 11.5 Å². The lowest BCUT2D eigenvalue weighted by Crippen LogP contribution is -1.99. The van der Waals surface area contributed by atoms with Crippen LogP contribution in [0.15, 0.2) is 158 Å². The van der Waals surface area contributed by atoms with Crippen LogP contribution >= 0.6 is 0 Å². The van der Waals surface area contributed by atoms with Gasteiger partial charge in [-0.15, -0.1) is 0 Å². The number of ether oxygens (including phenoxy) is 1. The van der Waals surface area contributed by atoms with E-state index in [2.05, 4.69) is 78.9 Å². The van der Waals surface area contributed by atoms with Gasteiger partial charge in [0.15, 0.2) is 0 Å². The van der Waals surface area contributed by atoms with E-state index < -0.39 is 6.04 Å². The summed E-state index contributed by atoms with van der Waals surface area (Å²) < 4.78 is 50.1. The van der Waals surface area contributed by atoms with Crippen LogP contribution in [0.25, 0.3) is 87.2 Å². The average molecular weight is 576 g/mol. The standard InChI is InChI=1S/C44H26O/c1-2-12-29(13-3-1)42-36-19-8-16-32(40(36)26-39-30-14-6-4-10-27(30)20-22-37(39)42)33-24-25-41-43-34(33)17-9-18-35(43)38-23-21-28-11-5-7-15-31(28)44(38)45-41/h1-26H/i1D,2D,3D,12D,13D. The van der Waals surface area contributed by atoms with Gasteiger partial charge in [-0.2, -0.15) is 0 Å². The van der Waals surface area contributed by atoms with Crippen molar-refractivity contribution in [1.29, 1.82) is 0 Å². The van der Waals surface area contributed by atoms with Crippen LogP contribution in [0.1, 0.15) is 6.85 Å². The Bertz CT molecular complexity index is 2940. The summed E-state index contributed by atoms with van der Waals surface area (Å²) >= 11 is 0. The molecule has 1 nitrogen and oxygen atoms in total. The molecule has 9 aromatic carbocycles. The minimum absolute atomic E-state index is 0.202. The molecule has 0 fully saturated rings. The molecule has 45 heavy (non-hydrogen) atoms. The molecule has 0 bridgehead atoms. The molecular formula is C44H26O. The van der Waals surface area contributed by atoms with E-state index in [1.165, 1.54) is 0 Å². The lowest BCUT2D eigenvalue weighted by molar-refractivity contribution is 0.493. The van der Waals surface area contributed by atoms with Gasteiger partial charge in [-0.25, -0.2) is 0 Å². The predicted molar refractivity (Wildman–Crippen MR) is 190 cm³/mol. The normalized spacial score (nSPS) is 13.7. The molecule has 208 valence electrons. The van der Waals surface area contributed by atoms with Crippen molar-refractivity contribution in [3.05, 3.63) is 158 Å². The number of rotatable bonds is 2. The Morgan fingerprint density at radius 1 is 0.422 bits per heavy atom. The zero-order valence-electron chi connectivity index (χ0n) is 29.0. The maximum atomic E-state index is 9.01. The van der Waals surface area contributed by atoms with Crippen LogP contribution in [-0.4, -0.2) is 0 Å². The molecule has 0 N–H and O–H groups in total. The molecule has 9 aromatic rings. The maximum absolute atomic E-state index is 9.01. The molecule has 0 atom stereocenters. The second-order valence-electron chi connectivity index (χ2n) is 11.6. The number of hydrogen-bond acceptors (Lipinski definition) is 1. The van der Waals surface area contributed by atoms with Crippen LogP contribution in [0.3, 0.4) is 0 Å². The van der Waals surface area contributed by atoms with E-state index in [4.69, 9.17) is 11.6 Å². The summed E-state index contributed by atoms with van der Waals surface area (Å²) in [6.45, 7) is 0. The Balaban J connectivity index is 1.32. The van der Waals surface area contributed by atoms with Crippen molar-refractivity contribution in [2.45, 2.75) is 0 Å². The molecule has 0 spiro atoms. The molecule has 0 saturated heterocycles. The molecule has 1 aliphatic rings. The third-order valence-electron chi connectivity index (χ3n) is 9.33. The first-order valence-electron chi connectivity index (χ1n) is 17.6. The van der Waals surface area contributed by atoms with Crippen molar-refractivity contribution >= 4 is 53.9 Å². The van der Waals surface area contributed by atoms with Gasteiger partial charge in [0.25, 0.3) is 0 Å². The summed E-state index contributed by atoms with van der Waals surface area (Å²) in [4.78, 5) is 0. The second-order valence-corrected chi connectivity index (χ2v) is 11.6. The highest BCUT2D eigenvalue weighted by atomic mass is 16.5. The van der Waals surface area contributed by atoms with Gasteiger partial charge in [0, 0.05) is 16.3 Å². The summed E-state index contributed by atoms with van der Waals surface area (Å²) in [5.41, 5.74) is 5.01. The van der Waals surface area contributed by atoms with E-state index in [1.807, 2.05) is 48.5 Å². The highest BCUT2D eigenvalue weighted by molar-refractivity contribution is 6.23. The molecule has 0 aromatic heterocycles. The quantitative estimate of drug-likeness (QED) is 0.147. The molecule has 1 heterocycles. The summed E-state index contributed by atoms with van der Waals surface area (Å²) in [7, 11) is 0. The molecule has 0 radical (unpaired) electrons. The fraction of sp³-hybridized carbons (Fsp3) is 0. The van der Waals surface area contributed by atoms with Crippen LogP contribution in [0.4, 0.5) is 0 Å². The number of fused-ring (bicyclic) bond motifs is 8. The second kappa shape index (κ2) is 9.29. The van der Waals surface area contributed by atoms with Gasteiger partial charge < -0.3 is 4.74 Å². The minimum Gasteiger partial charge on any atom is -0.455 e. The summed E-state index contributed by atoms with van der Waals surface area (Å²) in [6.07, 6.45) is 0. The zero-order valence-corrected chi connectivity index (χ0v) is 24.0. The van der Waals surface area contributed by atoms with Crippen molar-refractivity contribution in [2.24, 2.45) is 0 Å². The van der Waals surface area contributed by atoms with E-state index >= 15 is 0 Å². The van der Waals surface area contributed by atoms with E-state index in [-0.39, 0.29) is 29.7 Å². The molecule has 1 aliphatic heterocycles. The fourth-order valence-electron chi connectivity index (χ4n) is 7.37. The molecule has 1 heteroatoms. The molecule has 0 saturated carbocycles. The highest BCUT2D eigenvalue weighted by Crippen LogP contribution is 2.52. The van der Waals surface area contributed by atoms with Crippen LogP contribution < -0.4 is 4.74 Å². The third kappa shape index (κ3) is 3.50. The Morgan fingerprint density at radius 3 is 1.93 bits per heavy atom. The van der Waals surface area contributed by atoms with Crippen LogP contribution in [-0.2, 0) is 0 Å². The third-order valence-corrected chi connectivity index (χ3v) is 9.33. The summed E-state index contributed by atoms with van der Waals surface area (Å²) in [6, 6.07) is 42.1. The first kappa shape index (κ1) is 20.1. The van der Waals surface area contributed by atoms with Crippen molar-refractivity contribution < 1.29 is 11.6 Å². The van der Waals surface area contributed by atoms with Gasteiger partial charge in [0.2, 0.25) is 0 Å². The largest absolute Gasteiger partial charge is 0.455 e. The first-order valence-corrected chi connectivity index (χ1v) is 15.1. The molecule has 10 rings (SSSR count). The summed E-state index contributed by atoms with van der Waals surface area (Å²) in [5.74, 6) is 1.67. The fourth-order valence-corrected chi connectivity index (χ4v) is 7.37. The maximum Gasteiger partial charge on any atom is 0.143 e. The van der Waals surface area contributed by atoms with E-state index in [9.17, 15) is 0 Å².